The quantitative estimate of drug-likeness (QED) is 0.395. The molecule has 0 spiro atoms. The number of ketones is 1. The number of esters is 1. The maximum atomic E-state index is 13.3. The minimum Gasteiger partial charge on any atom is -0.503 e. The number of hydrogen-bond donors (Lipinski definition) is 1. The maximum Gasteiger partial charge on any atom is 0.338 e. The van der Waals surface area contributed by atoms with Crippen LogP contribution in [0.1, 0.15) is 49.7 Å². The molecule has 0 bridgehead atoms. The first-order valence-electron chi connectivity index (χ1n) is 10.6. The van der Waals surface area contributed by atoms with Gasteiger partial charge in [-0.25, -0.2) is 4.79 Å². The van der Waals surface area contributed by atoms with Gasteiger partial charge in [0.05, 0.1) is 28.7 Å². The summed E-state index contributed by atoms with van der Waals surface area (Å²) in [6.45, 7) is 4.12. The van der Waals surface area contributed by atoms with Crippen molar-refractivity contribution >= 4 is 29.0 Å². The summed E-state index contributed by atoms with van der Waals surface area (Å²) >= 11 is 1.27. The number of aliphatic hydroxyl groups excluding tert-OH is 1. The molecule has 1 N–H and O–H groups in total. The van der Waals surface area contributed by atoms with Crippen molar-refractivity contribution in [1.29, 1.82) is 0 Å². The van der Waals surface area contributed by atoms with Crippen molar-refractivity contribution in [2.45, 2.75) is 26.4 Å². The number of aliphatic hydroxyl groups is 1. The molecule has 2 heterocycles. The molecule has 1 unspecified atom stereocenters. The molecule has 1 aliphatic heterocycles. The molecule has 1 atom stereocenters. The number of benzene rings is 2. The number of carbonyl (C=O) groups is 3. The fourth-order valence-electron chi connectivity index (χ4n) is 3.93. The van der Waals surface area contributed by atoms with Crippen LogP contribution in [0.5, 0.6) is 0 Å². The van der Waals surface area contributed by atoms with E-state index in [0.717, 1.165) is 16.7 Å². The van der Waals surface area contributed by atoms with Crippen molar-refractivity contribution in [3.63, 3.8) is 0 Å². The third-order valence-corrected chi connectivity index (χ3v) is 6.34. The topological polar surface area (TPSA) is 83.9 Å². The lowest BCUT2D eigenvalue weighted by Gasteiger charge is -2.27. The van der Waals surface area contributed by atoms with Crippen LogP contribution in [0.4, 0.5) is 0 Å². The largest absolute Gasteiger partial charge is 0.503 e. The highest BCUT2D eigenvalue weighted by Crippen LogP contribution is 2.40. The van der Waals surface area contributed by atoms with E-state index >= 15 is 0 Å². The van der Waals surface area contributed by atoms with Gasteiger partial charge in [0.1, 0.15) is 0 Å². The second-order valence-electron chi connectivity index (χ2n) is 7.74. The van der Waals surface area contributed by atoms with Gasteiger partial charge in [0, 0.05) is 6.54 Å². The van der Waals surface area contributed by atoms with Gasteiger partial charge in [-0.15, -0.1) is 11.3 Å². The molecule has 0 saturated heterocycles. The first kappa shape index (κ1) is 22.5. The molecule has 0 aliphatic carbocycles. The lowest BCUT2D eigenvalue weighted by atomic mass is 9.94. The Bertz CT molecular complexity index is 1230. The Kier molecular flexibility index (Phi) is 6.42. The highest BCUT2D eigenvalue weighted by Gasteiger charge is 2.44. The second kappa shape index (κ2) is 9.42. The zero-order valence-corrected chi connectivity index (χ0v) is 19.1. The zero-order chi connectivity index (χ0) is 23.5. The van der Waals surface area contributed by atoms with Crippen LogP contribution in [-0.2, 0) is 16.1 Å². The van der Waals surface area contributed by atoms with Gasteiger partial charge in [-0.05, 0) is 48.6 Å². The minimum atomic E-state index is -0.725. The Labute approximate surface area is 195 Å². The normalized spacial score (nSPS) is 15.8. The Morgan fingerprint density at radius 3 is 2.48 bits per heavy atom. The molecular formula is C26H23NO5S. The number of hydrogen-bond acceptors (Lipinski definition) is 6. The van der Waals surface area contributed by atoms with E-state index in [1.54, 1.807) is 48.7 Å². The van der Waals surface area contributed by atoms with Crippen LogP contribution >= 0.6 is 11.3 Å². The van der Waals surface area contributed by atoms with E-state index < -0.39 is 23.7 Å². The SMILES string of the molecule is CCOC(=O)c1ccc(CN2C(=O)C(O)=C(C(=O)c3cccs3)C2c2cccc(C)c2)cc1. The molecule has 4 rings (SSSR count). The summed E-state index contributed by atoms with van der Waals surface area (Å²) in [4.78, 5) is 40.3. The molecule has 0 fully saturated rings. The van der Waals surface area contributed by atoms with Crippen molar-refractivity contribution in [2.24, 2.45) is 0 Å². The molecule has 0 saturated carbocycles. The van der Waals surface area contributed by atoms with Crippen LogP contribution < -0.4 is 0 Å². The van der Waals surface area contributed by atoms with E-state index in [0.29, 0.717) is 10.4 Å². The Morgan fingerprint density at radius 1 is 1.09 bits per heavy atom. The van der Waals surface area contributed by atoms with E-state index in [9.17, 15) is 19.5 Å². The predicted molar refractivity (Wildman–Crippen MR) is 125 cm³/mol. The number of carbonyl (C=O) groups excluding carboxylic acids is 3. The molecule has 2 aromatic carbocycles. The lowest BCUT2D eigenvalue weighted by Crippen LogP contribution is -2.30. The van der Waals surface area contributed by atoms with E-state index in [4.69, 9.17) is 4.74 Å². The second-order valence-corrected chi connectivity index (χ2v) is 8.68. The molecule has 0 radical (unpaired) electrons. The van der Waals surface area contributed by atoms with Crippen molar-refractivity contribution in [1.82, 2.24) is 4.90 Å². The Morgan fingerprint density at radius 2 is 1.85 bits per heavy atom. The molecule has 3 aromatic rings. The van der Waals surface area contributed by atoms with E-state index in [2.05, 4.69) is 0 Å². The van der Waals surface area contributed by atoms with E-state index in [-0.39, 0.29) is 24.5 Å². The third kappa shape index (κ3) is 4.45. The summed E-state index contributed by atoms with van der Waals surface area (Å²) in [6.07, 6.45) is 0. The van der Waals surface area contributed by atoms with Gasteiger partial charge in [-0.2, -0.15) is 0 Å². The maximum absolute atomic E-state index is 13.3. The summed E-state index contributed by atoms with van der Waals surface area (Å²) in [6, 6.07) is 17.0. The molecule has 6 nitrogen and oxygen atoms in total. The number of aryl methyl sites for hydroxylation is 1. The van der Waals surface area contributed by atoms with Gasteiger partial charge in [0.25, 0.3) is 5.91 Å². The number of nitrogens with zero attached hydrogens (tertiary/aromatic N) is 1. The van der Waals surface area contributed by atoms with Crippen molar-refractivity contribution < 1.29 is 24.2 Å². The highest BCUT2D eigenvalue weighted by molar-refractivity contribution is 7.12. The average Bonchev–Trinajstić information content (AvgIpc) is 3.43. The van der Waals surface area contributed by atoms with Crippen molar-refractivity contribution in [3.05, 3.63) is 105 Å². The third-order valence-electron chi connectivity index (χ3n) is 5.47. The summed E-state index contributed by atoms with van der Waals surface area (Å²) in [5, 5.41) is 12.5. The summed E-state index contributed by atoms with van der Waals surface area (Å²) in [5.41, 5.74) is 2.98. The lowest BCUT2D eigenvalue weighted by molar-refractivity contribution is -0.130. The molecular weight excluding hydrogens is 438 g/mol. The van der Waals surface area contributed by atoms with Crippen LogP contribution in [0.25, 0.3) is 0 Å². The zero-order valence-electron chi connectivity index (χ0n) is 18.3. The van der Waals surface area contributed by atoms with Gasteiger partial charge >= 0.3 is 5.97 Å². The fourth-order valence-corrected chi connectivity index (χ4v) is 4.61. The Hall–Kier alpha value is -3.71. The first-order valence-corrected chi connectivity index (χ1v) is 11.4. The van der Waals surface area contributed by atoms with Crippen molar-refractivity contribution in [2.75, 3.05) is 6.61 Å². The summed E-state index contributed by atoms with van der Waals surface area (Å²) in [7, 11) is 0. The van der Waals surface area contributed by atoms with E-state index in [1.165, 1.54) is 16.2 Å². The van der Waals surface area contributed by atoms with E-state index in [1.807, 2.05) is 31.2 Å². The van der Waals surface area contributed by atoms with Gasteiger partial charge in [0.2, 0.25) is 5.78 Å². The summed E-state index contributed by atoms with van der Waals surface area (Å²) < 4.78 is 5.01. The van der Waals surface area contributed by atoms with Gasteiger partial charge in [0.15, 0.2) is 5.76 Å². The van der Waals surface area contributed by atoms with Gasteiger partial charge < -0.3 is 14.7 Å². The molecule has 1 amide bonds. The molecule has 1 aliphatic rings. The number of ether oxygens (including phenoxy) is 1. The van der Waals surface area contributed by atoms with Crippen LogP contribution in [0.3, 0.4) is 0 Å². The molecule has 168 valence electrons. The van der Waals surface area contributed by atoms with Crippen LogP contribution in [0.15, 0.2) is 77.4 Å². The monoisotopic (exact) mass is 461 g/mol. The fraction of sp³-hybridized carbons (Fsp3) is 0.192. The van der Waals surface area contributed by atoms with Crippen LogP contribution in [-0.4, -0.2) is 34.3 Å². The standard InChI is InChI=1S/C26H23NO5S/c1-3-32-26(31)18-11-9-17(10-12-18)15-27-22(19-7-4-6-16(2)14-19)21(24(29)25(27)30)23(28)20-8-5-13-33-20/h4-14,22,29H,3,15H2,1-2H3. The molecule has 7 heteroatoms. The first-order chi connectivity index (χ1) is 15.9. The van der Waals surface area contributed by atoms with Gasteiger partial charge in [-0.3, -0.25) is 9.59 Å². The van der Waals surface area contributed by atoms with Crippen LogP contribution in [0, 0.1) is 6.92 Å². The number of amides is 1. The van der Waals surface area contributed by atoms with Crippen LogP contribution in [0.2, 0.25) is 0 Å². The summed E-state index contributed by atoms with van der Waals surface area (Å²) in [5.74, 6) is -1.90. The Balaban J connectivity index is 1.70. The van der Waals surface area contributed by atoms with Gasteiger partial charge in [-0.1, -0.05) is 48.0 Å². The average molecular weight is 462 g/mol. The highest BCUT2D eigenvalue weighted by atomic mass is 32.1. The molecule has 1 aromatic heterocycles. The minimum absolute atomic E-state index is 0.0798. The smallest absolute Gasteiger partial charge is 0.338 e. The molecule has 33 heavy (non-hydrogen) atoms. The predicted octanol–water partition coefficient (Wildman–Crippen LogP) is 5.01. The number of Topliss-reactive ketones (excluding diaryl/α,β-unsaturated/α-hetero) is 1. The number of rotatable bonds is 7. The number of thiophene rings is 1. The van der Waals surface area contributed by atoms with Crippen molar-refractivity contribution in [3.8, 4) is 0 Å².